The summed E-state index contributed by atoms with van der Waals surface area (Å²) in [6, 6.07) is 10.2. The van der Waals surface area contributed by atoms with E-state index >= 15 is 0 Å². The van der Waals surface area contributed by atoms with E-state index in [1.54, 1.807) is 0 Å². The van der Waals surface area contributed by atoms with Crippen molar-refractivity contribution in [2.24, 2.45) is 0 Å². The van der Waals surface area contributed by atoms with Crippen LogP contribution < -0.4 is 8.37 Å². The van der Waals surface area contributed by atoms with Crippen molar-refractivity contribution >= 4 is 43.4 Å². The normalized spacial score (nSPS) is 11.8. The van der Waals surface area contributed by atoms with Crippen molar-refractivity contribution in [1.82, 2.24) is 9.97 Å². The highest BCUT2D eigenvalue weighted by molar-refractivity contribution is 7.87. The first kappa shape index (κ1) is 20.3. The maximum Gasteiger partial charge on any atom is 0.340 e. The summed E-state index contributed by atoms with van der Waals surface area (Å²) in [6.45, 7) is 0. The van der Waals surface area contributed by atoms with Crippen molar-refractivity contribution in [2.45, 2.75) is 9.79 Å². The molecule has 8 nitrogen and oxygen atoms in total. The zero-order chi connectivity index (χ0) is 20.4. The molecule has 0 amide bonds. The first-order valence-corrected chi connectivity index (χ1v) is 11.0. The minimum absolute atomic E-state index is 0.122. The molecule has 0 spiro atoms. The monoisotopic (exact) mass is 460 g/mol. The van der Waals surface area contributed by atoms with Gasteiger partial charge in [0.05, 0.1) is 12.4 Å². The third kappa shape index (κ3) is 4.90. The molecule has 3 rings (SSSR count). The summed E-state index contributed by atoms with van der Waals surface area (Å²) in [5.41, 5.74) is 0. The van der Waals surface area contributed by atoms with Gasteiger partial charge in [0, 0.05) is 6.07 Å². The molecule has 146 valence electrons. The molecule has 2 aromatic heterocycles. The Bertz CT molecular complexity index is 1110. The maximum atomic E-state index is 12.3. The molecule has 0 N–H and O–H groups in total. The fourth-order valence-corrected chi connectivity index (χ4v) is 3.91. The topological polar surface area (TPSA) is 113 Å². The van der Waals surface area contributed by atoms with Crippen LogP contribution in [0.3, 0.4) is 0 Å². The van der Waals surface area contributed by atoms with E-state index < -0.39 is 20.2 Å². The van der Waals surface area contributed by atoms with E-state index in [0.717, 1.165) is 18.5 Å². The lowest BCUT2D eigenvalue weighted by Gasteiger charge is -2.10. The Morgan fingerprint density at radius 3 is 1.46 bits per heavy atom. The van der Waals surface area contributed by atoms with Crippen LogP contribution in [0.15, 0.2) is 70.7 Å². The van der Waals surface area contributed by atoms with E-state index in [9.17, 15) is 16.8 Å². The molecule has 0 bridgehead atoms. The molecule has 0 unspecified atom stereocenters. The van der Waals surface area contributed by atoms with Gasteiger partial charge < -0.3 is 8.37 Å². The Kier molecular flexibility index (Phi) is 5.75. The second-order valence-electron chi connectivity index (χ2n) is 5.18. The summed E-state index contributed by atoms with van der Waals surface area (Å²) in [4.78, 5) is 6.92. The van der Waals surface area contributed by atoms with Gasteiger partial charge in [0.15, 0.2) is 0 Å². The van der Waals surface area contributed by atoms with Gasteiger partial charge in [0.1, 0.15) is 31.6 Å². The quantitative estimate of drug-likeness (QED) is 0.406. The van der Waals surface area contributed by atoms with Crippen LogP contribution in [-0.2, 0) is 20.2 Å². The lowest BCUT2D eigenvalue weighted by molar-refractivity contribution is 0.476. The molecule has 0 aliphatic rings. The molecule has 1 aromatic carbocycles. The summed E-state index contributed by atoms with van der Waals surface area (Å²) in [7, 11) is -8.40. The minimum atomic E-state index is -4.20. The van der Waals surface area contributed by atoms with Crippen molar-refractivity contribution < 1.29 is 25.2 Å². The van der Waals surface area contributed by atoms with Crippen molar-refractivity contribution in [3.05, 3.63) is 71.2 Å². The molecule has 0 aliphatic carbocycles. The van der Waals surface area contributed by atoms with Crippen LogP contribution >= 0.6 is 23.2 Å². The smallest absolute Gasteiger partial charge is 0.340 e. The number of halogens is 2. The largest absolute Gasteiger partial charge is 0.379 e. The van der Waals surface area contributed by atoms with Crippen molar-refractivity contribution in [1.29, 1.82) is 0 Å². The summed E-state index contributed by atoms with van der Waals surface area (Å²) >= 11 is 11.3. The van der Waals surface area contributed by atoms with E-state index in [4.69, 9.17) is 31.6 Å². The SMILES string of the molecule is O=S(=O)(Oc1cccc(OS(=O)(=O)c2ccc(Cl)nc2)c1)c1ccc(Cl)nc1. The summed E-state index contributed by atoms with van der Waals surface area (Å²) < 4.78 is 59.1. The van der Waals surface area contributed by atoms with Crippen LogP contribution in [0, 0.1) is 0 Å². The highest BCUT2D eigenvalue weighted by Crippen LogP contribution is 2.26. The van der Waals surface area contributed by atoms with Crippen molar-refractivity contribution in [3.8, 4) is 11.5 Å². The Balaban J connectivity index is 1.82. The second-order valence-corrected chi connectivity index (χ2v) is 9.05. The highest BCUT2D eigenvalue weighted by Gasteiger charge is 2.20. The van der Waals surface area contributed by atoms with Gasteiger partial charge in [0.2, 0.25) is 0 Å². The van der Waals surface area contributed by atoms with Gasteiger partial charge in [-0.1, -0.05) is 29.3 Å². The van der Waals surface area contributed by atoms with Gasteiger partial charge in [-0.15, -0.1) is 0 Å². The lowest BCUT2D eigenvalue weighted by atomic mass is 10.3. The maximum absolute atomic E-state index is 12.3. The first-order valence-electron chi connectivity index (χ1n) is 7.38. The Labute approximate surface area is 170 Å². The molecule has 0 radical (unpaired) electrons. The zero-order valence-electron chi connectivity index (χ0n) is 13.7. The Morgan fingerprint density at radius 2 is 1.11 bits per heavy atom. The van der Waals surface area contributed by atoms with E-state index in [1.807, 2.05) is 0 Å². The van der Waals surface area contributed by atoms with Crippen LogP contribution in [-0.4, -0.2) is 26.8 Å². The third-order valence-corrected chi connectivity index (χ3v) is 6.10. The molecule has 0 atom stereocenters. The summed E-state index contributed by atoms with van der Waals surface area (Å²) in [5.74, 6) is -0.311. The standard InChI is InChI=1S/C16H10Cl2N2O6S2/c17-15-6-4-13(9-19-15)27(21,22)25-11-2-1-3-12(8-11)26-28(23,24)14-5-7-16(18)20-10-14/h1-10H. The number of rotatable bonds is 6. The van der Waals surface area contributed by atoms with Gasteiger partial charge in [-0.2, -0.15) is 16.8 Å². The minimum Gasteiger partial charge on any atom is -0.379 e. The van der Waals surface area contributed by atoms with Crippen LogP contribution in [0.1, 0.15) is 0 Å². The molecular formula is C16H10Cl2N2O6S2. The number of nitrogens with zero attached hydrogens (tertiary/aromatic N) is 2. The molecule has 0 saturated heterocycles. The highest BCUT2D eigenvalue weighted by atomic mass is 35.5. The van der Waals surface area contributed by atoms with E-state index in [0.29, 0.717) is 0 Å². The molecule has 3 aromatic rings. The Hall–Kier alpha value is -2.40. The predicted molar refractivity (Wildman–Crippen MR) is 101 cm³/mol. The van der Waals surface area contributed by atoms with Crippen LogP contribution in [0.5, 0.6) is 11.5 Å². The number of hydrogen-bond donors (Lipinski definition) is 0. The second kappa shape index (κ2) is 7.92. The number of benzene rings is 1. The lowest BCUT2D eigenvalue weighted by Crippen LogP contribution is -2.11. The number of hydrogen-bond acceptors (Lipinski definition) is 8. The molecule has 0 aliphatic heterocycles. The van der Waals surface area contributed by atoms with Gasteiger partial charge in [-0.05, 0) is 36.4 Å². The molecule has 28 heavy (non-hydrogen) atoms. The van der Waals surface area contributed by atoms with E-state index in [-0.39, 0.29) is 31.6 Å². The molecular weight excluding hydrogens is 451 g/mol. The number of aromatic nitrogens is 2. The van der Waals surface area contributed by atoms with E-state index in [2.05, 4.69) is 9.97 Å². The van der Waals surface area contributed by atoms with Crippen molar-refractivity contribution in [2.75, 3.05) is 0 Å². The molecule has 2 heterocycles. The van der Waals surface area contributed by atoms with E-state index in [1.165, 1.54) is 42.5 Å². The first-order chi connectivity index (χ1) is 13.2. The summed E-state index contributed by atoms with van der Waals surface area (Å²) in [5, 5.41) is 0.243. The molecule has 0 fully saturated rings. The number of pyridine rings is 2. The average Bonchev–Trinajstić information content (AvgIpc) is 2.62. The predicted octanol–water partition coefficient (Wildman–Crippen LogP) is 3.32. The summed E-state index contributed by atoms with van der Waals surface area (Å²) in [6.07, 6.45) is 2.08. The zero-order valence-corrected chi connectivity index (χ0v) is 16.8. The van der Waals surface area contributed by atoms with Crippen LogP contribution in [0.2, 0.25) is 10.3 Å². The fourth-order valence-electron chi connectivity index (χ4n) is 1.95. The molecule has 12 heteroatoms. The van der Waals surface area contributed by atoms with Gasteiger partial charge in [-0.25, -0.2) is 9.97 Å². The molecule has 0 saturated carbocycles. The Morgan fingerprint density at radius 1 is 0.679 bits per heavy atom. The van der Waals surface area contributed by atoms with Crippen LogP contribution in [0.4, 0.5) is 0 Å². The van der Waals surface area contributed by atoms with Crippen LogP contribution in [0.25, 0.3) is 0 Å². The van der Waals surface area contributed by atoms with Gasteiger partial charge in [0.25, 0.3) is 0 Å². The van der Waals surface area contributed by atoms with Crippen molar-refractivity contribution in [3.63, 3.8) is 0 Å². The third-order valence-electron chi connectivity index (χ3n) is 3.20. The fraction of sp³-hybridized carbons (Fsp3) is 0. The van der Waals surface area contributed by atoms with Gasteiger partial charge in [-0.3, -0.25) is 0 Å². The van der Waals surface area contributed by atoms with Gasteiger partial charge >= 0.3 is 20.2 Å². The average molecular weight is 461 g/mol.